The van der Waals surface area contributed by atoms with E-state index in [9.17, 15) is 9.59 Å². The quantitative estimate of drug-likeness (QED) is 0.577. The first-order valence-corrected chi connectivity index (χ1v) is 9.56. The number of methoxy groups -OCH3 is 1. The van der Waals surface area contributed by atoms with Gasteiger partial charge in [-0.15, -0.1) is 0 Å². The van der Waals surface area contributed by atoms with Crippen LogP contribution in [0.25, 0.3) is 0 Å². The van der Waals surface area contributed by atoms with Gasteiger partial charge in [0.15, 0.2) is 0 Å². The number of benzene rings is 2. The molecule has 150 valence electrons. The van der Waals surface area contributed by atoms with Gasteiger partial charge in [0.1, 0.15) is 5.75 Å². The van der Waals surface area contributed by atoms with E-state index in [0.29, 0.717) is 42.3 Å². The van der Waals surface area contributed by atoms with E-state index < -0.39 is 0 Å². The number of anilines is 1. The number of carbonyl (C=O) groups excluding carboxylic acids is 2. The van der Waals surface area contributed by atoms with Crippen molar-refractivity contribution >= 4 is 17.5 Å². The number of carbonyl (C=O) groups is 2. The SMILES string of the molecule is CCCCCOc1ccccc1C(=O)Nc1ccc(C(=O)NCCOC)cc1. The second-order valence-corrected chi connectivity index (χ2v) is 6.33. The smallest absolute Gasteiger partial charge is 0.259 e. The third kappa shape index (κ3) is 6.70. The van der Waals surface area contributed by atoms with Crippen molar-refractivity contribution in [1.29, 1.82) is 0 Å². The zero-order valence-electron chi connectivity index (χ0n) is 16.5. The molecule has 0 aliphatic heterocycles. The fraction of sp³-hybridized carbons (Fsp3) is 0.364. The van der Waals surface area contributed by atoms with Crippen LogP contribution in [0.4, 0.5) is 5.69 Å². The first-order chi connectivity index (χ1) is 13.7. The van der Waals surface area contributed by atoms with Crippen LogP contribution in [0.1, 0.15) is 46.9 Å². The van der Waals surface area contributed by atoms with E-state index in [1.165, 1.54) is 0 Å². The highest BCUT2D eigenvalue weighted by Crippen LogP contribution is 2.20. The number of para-hydroxylation sites is 1. The summed E-state index contributed by atoms with van der Waals surface area (Å²) in [6, 6.07) is 13.9. The predicted octanol–water partition coefficient (Wildman–Crippen LogP) is 3.88. The number of amides is 2. The number of rotatable bonds is 11. The maximum absolute atomic E-state index is 12.6. The van der Waals surface area contributed by atoms with Crippen molar-refractivity contribution in [2.75, 3.05) is 32.2 Å². The van der Waals surface area contributed by atoms with Crippen LogP contribution in [-0.2, 0) is 4.74 Å². The Balaban J connectivity index is 1.96. The second kappa shape index (κ2) is 11.8. The lowest BCUT2D eigenvalue weighted by molar-refractivity contribution is 0.0936. The van der Waals surface area contributed by atoms with Gasteiger partial charge in [0, 0.05) is 24.9 Å². The summed E-state index contributed by atoms with van der Waals surface area (Å²) in [5.41, 5.74) is 1.62. The van der Waals surface area contributed by atoms with E-state index in [-0.39, 0.29) is 11.8 Å². The fourth-order valence-electron chi connectivity index (χ4n) is 2.59. The molecule has 6 nitrogen and oxygen atoms in total. The third-order valence-corrected chi connectivity index (χ3v) is 4.13. The molecule has 2 aromatic carbocycles. The van der Waals surface area contributed by atoms with Crippen LogP contribution in [-0.4, -0.2) is 38.7 Å². The van der Waals surface area contributed by atoms with Crippen LogP contribution >= 0.6 is 0 Å². The monoisotopic (exact) mass is 384 g/mol. The van der Waals surface area contributed by atoms with Crippen LogP contribution in [0, 0.1) is 0 Å². The van der Waals surface area contributed by atoms with Gasteiger partial charge in [-0.3, -0.25) is 9.59 Å². The third-order valence-electron chi connectivity index (χ3n) is 4.13. The minimum atomic E-state index is -0.247. The van der Waals surface area contributed by atoms with Gasteiger partial charge in [0.2, 0.25) is 0 Å². The van der Waals surface area contributed by atoms with E-state index in [4.69, 9.17) is 9.47 Å². The van der Waals surface area contributed by atoms with Crippen molar-refractivity contribution in [3.8, 4) is 5.75 Å². The lowest BCUT2D eigenvalue weighted by Gasteiger charge is -2.12. The Labute approximate surface area is 166 Å². The zero-order valence-corrected chi connectivity index (χ0v) is 16.5. The normalized spacial score (nSPS) is 10.4. The summed E-state index contributed by atoms with van der Waals surface area (Å²) in [5, 5.41) is 5.60. The van der Waals surface area contributed by atoms with Gasteiger partial charge >= 0.3 is 0 Å². The molecule has 2 N–H and O–H groups in total. The molecule has 0 unspecified atom stereocenters. The Hall–Kier alpha value is -2.86. The molecule has 0 saturated carbocycles. The van der Waals surface area contributed by atoms with Crippen molar-refractivity contribution < 1.29 is 19.1 Å². The summed E-state index contributed by atoms with van der Waals surface area (Å²) >= 11 is 0. The second-order valence-electron chi connectivity index (χ2n) is 6.33. The van der Waals surface area contributed by atoms with Gasteiger partial charge in [-0.05, 0) is 42.8 Å². The molecule has 0 radical (unpaired) electrons. The minimum Gasteiger partial charge on any atom is -0.493 e. The van der Waals surface area contributed by atoms with Gasteiger partial charge in [-0.1, -0.05) is 31.9 Å². The lowest BCUT2D eigenvalue weighted by Crippen LogP contribution is -2.26. The van der Waals surface area contributed by atoms with Crippen molar-refractivity contribution in [3.63, 3.8) is 0 Å². The first kappa shape index (κ1) is 21.4. The van der Waals surface area contributed by atoms with Crippen molar-refractivity contribution in [2.45, 2.75) is 26.2 Å². The molecule has 28 heavy (non-hydrogen) atoms. The van der Waals surface area contributed by atoms with Gasteiger partial charge < -0.3 is 20.1 Å². The van der Waals surface area contributed by atoms with E-state index in [1.54, 1.807) is 49.6 Å². The summed E-state index contributed by atoms with van der Waals surface area (Å²) in [6.45, 7) is 3.63. The summed E-state index contributed by atoms with van der Waals surface area (Å²) in [4.78, 5) is 24.6. The maximum atomic E-state index is 12.6. The minimum absolute atomic E-state index is 0.180. The molecule has 0 aromatic heterocycles. The molecule has 2 rings (SSSR count). The van der Waals surface area contributed by atoms with Crippen molar-refractivity contribution in [3.05, 3.63) is 59.7 Å². The predicted molar refractivity (Wildman–Crippen MR) is 110 cm³/mol. The molecule has 0 heterocycles. The van der Waals surface area contributed by atoms with Gasteiger partial charge in [0.25, 0.3) is 11.8 Å². The van der Waals surface area contributed by atoms with E-state index in [0.717, 1.165) is 19.3 Å². The van der Waals surface area contributed by atoms with Crippen molar-refractivity contribution in [2.24, 2.45) is 0 Å². The molecular weight excluding hydrogens is 356 g/mol. The highest BCUT2D eigenvalue weighted by atomic mass is 16.5. The van der Waals surface area contributed by atoms with Gasteiger partial charge in [-0.25, -0.2) is 0 Å². The fourth-order valence-corrected chi connectivity index (χ4v) is 2.59. The molecule has 2 aromatic rings. The van der Waals surface area contributed by atoms with Crippen LogP contribution in [0.3, 0.4) is 0 Å². The zero-order chi connectivity index (χ0) is 20.2. The maximum Gasteiger partial charge on any atom is 0.259 e. The van der Waals surface area contributed by atoms with E-state index in [2.05, 4.69) is 17.6 Å². The Morgan fingerprint density at radius 3 is 2.39 bits per heavy atom. The van der Waals surface area contributed by atoms with E-state index >= 15 is 0 Å². The number of hydrogen-bond acceptors (Lipinski definition) is 4. The average Bonchev–Trinajstić information content (AvgIpc) is 2.72. The molecule has 0 aliphatic rings. The van der Waals surface area contributed by atoms with Gasteiger partial charge in [0.05, 0.1) is 18.8 Å². The largest absolute Gasteiger partial charge is 0.493 e. The van der Waals surface area contributed by atoms with Gasteiger partial charge in [-0.2, -0.15) is 0 Å². The van der Waals surface area contributed by atoms with Crippen molar-refractivity contribution in [1.82, 2.24) is 5.32 Å². The highest BCUT2D eigenvalue weighted by molar-refractivity contribution is 6.06. The lowest BCUT2D eigenvalue weighted by atomic mass is 10.1. The number of unbranched alkanes of at least 4 members (excludes halogenated alkanes) is 2. The molecule has 2 amide bonds. The topological polar surface area (TPSA) is 76.7 Å². The molecule has 0 bridgehead atoms. The molecule has 0 aliphatic carbocycles. The van der Waals surface area contributed by atoms with E-state index in [1.807, 2.05) is 6.07 Å². The molecule has 0 spiro atoms. The summed E-state index contributed by atoms with van der Waals surface area (Å²) in [6.07, 6.45) is 3.17. The van der Waals surface area contributed by atoms with Crippen LogP contribution in [0.15, 0.2) is 48.5 Å². The first-order valence-electron chi connectivity index (χ1n) is 9.56. The molecule has 0 saturated heterocycles. The molecule has 6 heteroatoms. The standard InChI is InChI=1S/C22H28N2O4/c1-3-4-7-15-28-20-9-6-5-8-19(20)22(26)24-18-12-10-17(11-13-18)21(25)23-14-16-27-2/h5-6,8-13H,3-4,7,14-16H2,1-2H3,(H,23,25)(H,24,26). The number of hydrogen-bond donors (Lipinski definition) is 2. The number of ether oxygens (including phenoxy) is 2. The Morgan fingerprint density at radius 2 is 1.68 bits per heavy atom. The summed E-state index contributed by atoms with van der Waals surface area (Å²) in [5.74, 6) is 0.148. The Kier molecular flexibility index (Phi) is 9.01. The van der Waals surface area contributed by atoms with Crippen LogP contribution in [0.2, 0.25) is 0 Å². The van der Waals surface area contributed by atoms with Crippen LogP contribution < -0.4 is 15.4 Å². The molecular formula is C22H28N2O4. The average molecular weight is 384 g/mol. The highest BCUT2D eigenvalue weighted by Gasteiger charge is 2.13. The molecule has 0 fully saturated rings. The summed E-state index contributed by atoms with van der Waals surface area (Å²) < 4.78 is 10.7. The van der Waals surface area contributed by atoms with Crippen LogP contribution in [0.5, 0.6) is 5.75 Å². The number of nitrogens with one attached hydrogen (secondary N) is 2. The Morgan fingerprint density at radius 1 is 0.929 bits per heavy atom. The Bertz CT molecular complexity index is 759. The molecule has 0 atom stereocenters. The summed E-state index contributed by atoms with van der Waals surface area (Å²) in [7, 11) is 1.58.